The van der Waals surface area contributed by atoms with Gasteiger partial charge < -0.3 is 9.73 Å². The van der Waals surface area contributed by atoms with Gasteiger partial charge in [-0.2, -0.15) is 13.2 Å². The maximum absolute atomic E-state index is 13.1. The summed E-state index contributed by atoms with van der Waals surface area (Å²) in [5, 5.41) is 3.25. The molecule has 0 spiro atoms. The average molecular weight is 463 g/mol. The first kappa shape index (κ1) is 17.9. The third-order valence-electron chi connectivity index (χ3n) is 3.89. The van der Waals surface area contributed by atoms with Crippen molar-refractivity contribution in [1.29, 1.82) is 0 Å². The SMILES string of the molecule is O=C1CC[C@H](c2nc(-c3sc4c(Br)cccc4c3SC(F)(F)F)co2)N1. The van der Waals surface area contributed by atoms with E-state index in [4.69, 9.17) is 4.42 Å². The minimum absolute atomic E-state index is 0.0890. The highest BCUT2D eigenvalue weighted by atomic mass is 79.9. The summed E-state index contributed by atoms with van der Waals surface area (Å²) < 4.78 is 46.2. The normalized spacial score (nSPS) is 17.8. The summed E-state index contributed by atoms with van der Waals surface area (Å²) >= 11 is 4.46. The number of benzene rings is 1. The molecule has 1 fully saturated rings. The molecule has 0 radical (unpaired) electrons. The second kappa shape index (κ2) is 6.58. The largest absolute Gasteiger partial charge is 0.446 e. The number of fused-ring (bicyclic) bond motifs is 1. The van der Waals surface area contributed by atoms with Crippen LogP contribution < -0.4 is 5.32 Å². The fourth-order valence-corrected chi connectivity index (χ4v) is 5.48. The minimum Gasteiger partial charge on any atom is -0.446 e. The van der Waals surface area contributed by atoms with E-state index < -0.39 is 5.51 Å². The first-order valence-electron chi connectivity index (χ1n) is 7.54. The molecule has 1 aromatic carbocycles. The molecule has 0 bridgehead atoms. The number of carbonyl (C=O) groups is 1. The molecule has 1 atom stereocenters. The van der Waals surface area contributed by atoms with Crippen molar-refractivity contribution in [2.24, 2.45) is 0 Å². The summed E-state index contributed by atoms with van der Waals surface area (Å²) in [6.07, 6.45) is 2.28. The van der Waals surface area contributed by atoms with Gasteiger partial charge >= 0.3 is 5.51 Å². The molecule has 1 aliphatic rings. The van der Waals surface area contributed by atoms with Crippen LogP contribution in [0.5, 0.6) is 0 Å². The van der Waals surface area contributed by atoms with E-state index in [0.717, 1.165) is 4.47 Å². The van der Waals surface area contributed by atoms with Crippen LogP contribution in [0.4, 0.5) is 13.2 Å². The number of thioether (sulfide) groups is 1. The van der Waals surface area contributed by atoms with Crippen molar-refractivity contribution < 1.29 is 22.4 Å². The number of nitrogens with zero attached hydrogens (tertiary/aromatic N) is 1. The smallest absolute Gasteiger partial charge is 0.446 e. The number of carbonyl (C=O) groups excluding carboxylic acids is 1. The molecular weight excluding hydrogens is 453 g/mol. The monoisotopic (exact) mass is 462 g/mol. The Morgan fingerprint density at radius 1 is 1.38 bits per heavy atom. The van der Waals surface area contributed by atoms with E-state index in [1.807, 2.05) is 0 Å². The van der Waals surface area contributed by atoms with Crippen LogP contribution in [0.15, 0.2) is 38.2 Å². The minimum atomic E-state index is -4.42. The van der Waals surface area contributed by atoms with Gasteiger partial charge in [0, 0.05) is 21.2 Å². The lowest BCUT2D eigenvalue weighted by Gasteiger charge is -2.06. The molecule has 3 aromatic rings. The van der Waals surface area contributed by atoms with Gasteiger partial charge in [0.2, 0.25) is 11.8 Å². The van der Waals surface area contributed by atoms with E-state index in [1.165, 1.54) is 17.6 Å². The van der Waals surface area contributed by atoms with Gasteiger partial charge in [0.05, 0.1) is 9.58 Å². The van der Waals surface area contributed by atoms with Crippen molar-refractivity contribution in [3.05, 3.63) is 34.8 Å². The summed E-state index contributed by atoms with van der Waals surface area (Å²) in [7, 11) is 0. The van der Waals surface area contributed by atoms with Crippen LogP contribution in [0, 0.1) is 0 Å². The van der Waals surface area contributed by atoms with Crippen LogP contribution in [0.2, 0.25) is 0 Å². The maximum Gasteiger partial charge on any atom is 0.446 e. The summed E-state index contributed by atoms with van der Waals surface area (Å²) in [6.45, 7) is 0. The molecule has 1 N–H and O–H groups in total. The number of amides is 1. The highest BCUT2D eigenvalue weighted by Crippen LogP contribution is 2.50. The Balaban J connectivity index is 1.81. The van der Waals surface area contributed by atoms with Gasteiger partial charge in [-0.25, -0.2) is 4.98 Å². The van der Waals surface area contributed by atoms with Crippen LogP contribution in [0.3, 0.4) is 0 Å². The van der Waals surface area contributed by atoms with Crippen LogP contribution in [0.25, 0.3) is 20.7 Å². The molecule has 1 aliphatic heterocycles. The van der Waals surface area contributed by atoms with E-state index >= 15 is 0 Å². The second-order valence-corrected chi connectivity index (χ2v) is 8.60. The summed E-state index contributed by atoms with van der Waals surface area (Å²) in [6, 6.07) is 4.81. The van der Waals surface area contributed by atoms with Gasteiger partial charge in [-0.1, -0.05) is 12.1 Å². The van der Waals surface area contributed by atoms with Crippen LogP contribution in [-0.4, -0.2) is 16.4 Å². The summed E-state index contributed by atoms with van der Waals surface area (Å²) in [5.74, 6) is 0.221. The van der Waals surface area contributed by atoms with Crippen LogP contribution >= 0.6 is 39.0 Å². The number of nitrogens with one attached hydrogen (secondary N) is 1. The van der Waals surface area contributed by atoms with Gasteiger partial charge in [0.1, 0.15) is 18.0 Å². The molecule has 3 heterocycles. The fraction of sp³-hybridized carbons (Fsp3) is 0.250. The molecule has 136 valence electrons. The predicted octanol–water partition coefficient (Wildman–Crippen LogP) is 5.88. The lowest BCUT2D eigenvalue weighted by atomic mass is 10.2. The van der Waals surface area contributed by atoms with Crippen molar-refractivity contribution in [2.45, 2.75) is 29.3 Å². The topological polar surface area (TPSA) is 55.1 Å². The molecule has 0 aliphatic carbocycles. The zero-order chi connectivity index (χ0) is 18.5. The van der Waals surface area contributed by atoms with Crippen molar-refractivity contribution in [3.8, 4) is 10.6 Å². The van der Waals surface area contributed by atoms with Gasteiger partial charge in [-0.15, -0.1) is 11.3 Å². The van der Waals surface area contributed by atoms with Crippen molar-refractivity contribution in [2.75, 3.05) is 0 Å². The third-order valence-corrected chi connectivity index (χ3v) is 7.06. The lowest BCUT2D eigenvalue weighted by Crippen LogP contribution is -2.18. The van der Waals surface area contributed by atoms with Crippen molar-refractivity contribution >= 4 is 55.0 Å². The standard InChI is InChI=1S/C16H10BrF3N2O2S2/c17-8-3-1-2-7-12(8)25-14(13(7)26-16(18,19)20)10-6-24-15(22-10)9-4-5-11(23)21-9/h1-3,6,9H,4-5H2,(H,21,23)/t9-/m1/s1. The first-order valence-corrected chi connectivity index (χ1v) is 9.96. The fourth-order valence-electron chi connectivity index (χ4n) is 2.80. The Morgan fingerprint density at radius 2 is 2.19 bits per heavy atom. The molecular formula is C16H10BrF3N2O2S2. The van der Waals surface area contributed by atoms with E-state index in [1.54, 1.807) is 18.2 Å². The maximum atomic E-state index is 13.1. The van der Waals surface area contributed by atoms with E-state index in [0.29, 0.717) is 39.4 Å². The number of hydrogen-bond donors (Lipinski definition) is 1. The Kier molecular flexibility index (Phi) is 4.52. The molecule has 10 heteroatoms. The summed E-state index contributed by atoms with van der Waals surface area (Å²) in [5.41, 5.74) is -4.09. The highest BCUT2D eigenvalue weighted by molar-refractivity contribution is 9.10. The zero-order valence-electron chi connectivity index (χ0n) is 12.9. The third kappa shape index (κ3) is 3.37. The highest BCUT2D eigenvalue weighted by Gasteiger charge is 2.34. The molecule has 1 amide bonds. The van der Waals surface area contributed by atoms with E-state index in [-0.39, 0.29) is 28.6 Å². The molecule has 0 saturated carbocycles. The Hall–Kier alpha value is -1.52. The number of oxazole rings is 1. The molecule has 0 unspecified atom stereocenters. The molecule has 4 rings (SSSR count). The van der Waals surface area contributed by atoms with Crippen LogP contribution in [-0.2, 0) is 4.79 Å². The molecule has 2 aromatic heterocycles. The average Bonchev–Trinajstić information content (AvgIpc) is 3.25. The molecule has 26 heavy (non-hydrogen) atoms. The zero-order valence-corrected chi connectivity index (χ0v) is 16.1. The number of thiophene rings is 1. The van der Waals surface area contributed by atoms with Gasteiger partial charge in [0.15, 0.2) is 0 Å². The van der Waals surface area contributed by atoms with Crippen molar-refractivity contribution in [3.63, 3.8) is 0 Å². The lowest BCUT2D eigenvalue weighted by molar-refractivity contribution is -0.119. The van der Waals surface area contributed by atoms with E-state index in [9.17, 15) is 18.0 Å². The second-order valence-electron chi connectivity index (χ2n) is 5.65. The number of rotatable bonds is 3. The first-order chi connectivity index (χ1) is 12.3. The number of alkyl halides is 3. The Labute approximate surface area is 162 Å². The van der Waals surface area contributed by atoms with Gasteiger partial charge in [0.25, 0.3) is 0 Å². The number of aromatic nitrogens is 1. The molecule has 1 saturated heterocycles. The Morgan fingerprint density at radius 3 is 2.88 bits per heavy atom. The summed E-state index contributed by atoms with van der Waals surface area (Å²) in [4.78, 5) is 16.2. The quantitative estimate of drug-likeness (QED) is 0.493. The predicted molar refractivity (Wildman–Crippen MR) is 97.1 cm³/mol. The Bertz CT molecular complexity index is 999. The van der Waals surface area contributed by atoms with Crippen LogP contribution in [0.1, 0.15) is 24.8 Å². The molecule has 4 nitrogen and oxygen atoms in total. The van der Waals surface area contributed by atoms with E-state index in [2.05, 4.69) is 26.2 Å². The van der Waals surface area contributed by atoms with Crippen molar-refractivity contribution in [1.82, 2.24) is 10.3 Å². The van der Waals surface area contributed by atoms with Gasteiger partial charge in [-0.3, -0.25) is 4.79 Å². The van der Waals surface area contributed by atoms with Gasteiger partial charge in [-0.05, 0) is 40.2 Å². The number of halogens is 4. The number of hydrogen-bond acceptors (Lipinski definition) is 5.